The number of hydrogen-bond donors (Lipinski definition) is 1. The summed E-state index contributed by atoms with van der Waals surface area (Å²) >= 11 is 0. The molecule has 5 heavy (non-hydrogen) atoms. The van der Waals surface area contributed by atoms with Crippen LogP contribution < -0.4 is 29.7 Å². The summed E-state index contributed by atoms with van der Waals surface area (Å²) < 4.78 is 0. The summed E-state index contributed by atoms with van der Waals surface area (Å²) in [6.07, 6.45) is 0. The fourth-order valence-corrected chi connectivity index (χ4v) is 0. The topological polar surface area (TPSA) is 49.1 Å². The predicted molar refractivity (Wildman–Crippen MR) is 13.3 cm³/mol. The van der Waals surface area contributed by atoms with Gasteiger partial charge in [-0.15, -0.1) is 0 Å². The van der Waals surface area contributed by atoms with Crippen molar-refractivity contribution in [1.29, 1.82) is 0 Å². The second-order valence-electron chi connectivity index (χ2n) is 0.466. The molecule has 0 spiro atoms. The van der Waals surface area contributed by atoms with Crippen molar-refractivity contribution in [2.75, 3.05) is 0 Å². The molecule has 0 aromatic heterocycles. The third-order valence-corrected chi connectivity index (χ3v) is 0. The summed E-state index contributed by atoms with van der Waals surface area (Å²) in [5.74, 6) is -0.583. The van der Waals surface area contributed by atoms with Crippen LogP contribution in [0.25, 0.3) is 0 Å². The SMILES string of the molecule is C=C(N)[O-].[Li+]. The van der Waals surface area contributed by atoms with E-state index in [-0.39, 0.29) is 18.9 Å². The number of hydrogen-bond acceptors (Lipinski definition) is 2. The Morgan fingerprint density at radius 2 is 1.80 bits per heavy atom. The first-order chi connectivity index (χ1) is 1.73. The average Bonchev–Trinajstić information content (AvgIpc) is 0.811. The Morgan fingerprint density at radius 3 is 1.80 bits per heavy atom. The smallest absolute Gasteiger partial charge is 0.861 e. The van der Waals surface area contributed by atoms with Crippen molar-refractivity contribution in [2.24, 2.45) is 5.73 Å². The maximum absolute atomic E-state index is 9.11. The van der Waals surface area contributed by atoms with Gasteiger partial charge in [0.2, 0.25) is 0 Å². The fourth-order valence-electron chi connectivity index (χ4n) is 0. The van der Waals surface area contributed by atoms with Crippen LogP contribution in [0.5, 0.6) is 0 Å². The Hall–Kier alpha value is -0.0626. The summed E-state index contributed by atoms with van der Waals surface area (Å²) in [5.41, 5.74) is 4.36. The average molecular weight is 65.0 g/mol. The molecule has 0 aromatic carbocycles. The molecule has 0 saturated carbocycles. The van der Waals surface area contributed by atoms with E-state index in [0.717, 1.165) is 0 Å². The Morgan fingerprint density at radius 1 is 1.80 bits per heavy atom. The van der Waals surface area contributed by atoms with Crippen molar-refractivity contribution in [2.45, 2.75) is 0 Å². The van der Waals surface area contributed by atoms with Gasteiger partial charge in [0, 0.05) is 0 Å². The minimum atomic E-state index is -0.583. The molecule has 0 bridgehead atoms. The van der Waals surface area contributed by atoms with Gasteiger partial charge in [0.15, 0.2) is 0 Å². The first-order valence-corrected chi connectivity index (χ1v) is 0.846. The van der Waals surface area contributed by atoms with E-state index in [9.17, 15) is 0 Å². The maximum atomic E-state index is 9.11. The van der Waals surface area contributed by atoms with Gasteiger partial charge in [-0.05, 0) is 0 Å². The molecule has 0 aliphatic heterocycles. The van der Waals surface area contributed by atoms with E-state index < -0.39 is 5.88 Å². The molecule has 3 heteroatoms. The van der Waals surface area contributed by atoms with Crippen molar-refractivity contribution >= 4 is 0 Å². The van der Waals surface area contributed by atoms with Crippen molar-refractivity contribution < 1.29 is 24.0 Å². The molecular formula is C2H4LiNO. The predicted octanol–water partition coefficient (Wildman–Crippen LogP) is -4.22. The summed E-state index contributed by atoms with van der Waals surface area (Å²) in [4.78, 5) is 0. The van der Waals surface area contributed by atoms with Crippen LogP contribution in [0.1, 0.15) is 0 Å². The van der Waals surface area contributed by atoms with Gasteiger partial charge in [-0.2, -0.15) is 0 Å². The van der Waals surface area contributed by atoms with Gasteiger partial charge in [0.25, 0.3) is 0 Å². The summed E-state index contributed by atoms with van der Waals surface area (Å²) in [5, 5.41) is 9.11. The molecule has 0 heterocycles. The van der Waals surface area contributed by atoms with Crippen LogP contribution in [0, 0.1) is 0 Å². The largest absolute Gasteiger partial charge is 1.00 e. The van der Waals surface area contributed by atoms with Gasteiger partial charge in [-0.3, -0.25) is 0 Å². The molecule has 24 valence electrons. The van der Waals surface area contributed by atoms with Crippen molar-refractivity contribution in [1.82, 2.24) is 0 Å². The van der Waals surface area contributed by atoms with Gasteiger partial charge >= 0.3 is 18.9 Å². The van der Waals surface area contributed by atoms with E-state index in [4.69, 9.17) is 5.11 Å². The van der Waals surface area contributed by atoms with Crippen LogP contribution in [0.15, 0.2) is 12.5 Å². The first-order valence-electron chi connectivity index (χ1n) is 0.846. The monoisotopic (exact) mass is 65.0 g/mol. The second-order valence-corrected chi connectivity index (χ2v) is 0.466. The van der Waals surface area contributed by atoms with Gasteiger partial charge in [-0.25, -0.2) is 0 Å². The van der Waals surface area contributed by atoms with Gasteiger partial charge in [0.05, 0.1) is 0 Å². The molecule has 0 fully saturated rings. The molecule has 0 aliphatic rings. The number of nitrogens with two attached hydrogens (primary N) is 1. The Bertz CT molecular complexity index is 32.6. The molecule has 0 unspecified atom stereocenters. The van der Waals surface area contributed by atoms with E-state index in [2.05, 4.69) is 12.3 Å². The Labute approximate surface area is 42.8 Å². The third kappa shape index (κ3) is 3770. The minimum absolute atomic E-state index is 0. The van der Waals surface area contributed by atoms with Crippen molar-refractivity contribution in [3.05, 3.63) is 12.5 Å². The van der Waals surface area contributed by atoms with Crippen LogP contribution in [-0.2, 0) is 0 Å². The zero-order valence-electron chi connectivity index (χ0n) is 3.19. The molecule has 0 radical (unpaired) electrons. The molecule has 0 aromatic rings. The van der Waals surface area contributed by atoms with Crippen LogP contribution in [-0.4, -0.2) is 0 Å². The molecule has 0 amide bonds. The zero-order chi connectivity index (χ0) is 3.58. The van der Waals surface area contributed by atoms with E-state index in [0.29, 0.717) is 0 Å². The van der Waals surface area contributed by atoms with Crippen LogP contribution >= 0.6 is 0 Å². The number of rotatable bonds is 0. The summed E-state index contributed by atoms with van der Waals surface area (Å²) in [6.45, 7) is 2.78. The maximum Gasteiger partial charge on any atom is 1.00 e. The van der Waals surface area contributed by atoms with Crippen LogP contribution in [0.2, 0.25) is 0 Å². The van der Waals surface area contributed by atoms with Gasteiger partial charge in [0.1, 0.15) is 0 Å². The zero-order valence-corrected chi connectivity index (χ0v) is 3.19. The quantitative estimate of drug-likeness (QED) is 0.230. The van der Waals surface area contributed by atoms with Crippen LogP contribution in [0.4, 0.5) is 0 Å². The van der Waals surface area contributed by atoms with E-state index in [1.165, 1.54) is 0 Å². The molecule has 2 nitrogen and oxygen atoms in total. The normalized spacial score (nSPS) is 4.80. The second kappa shape index (κ2) is 3.94. The van der Waals surface area contributed by atoms with Gasteiger partial charge in [-0.1, -0.05) is 12.5 Å². The minimum Gasteiger partial charge on any atom is -0.861 e. The molecule has 2 N–H and O–H groups in total. The molecule has 0 rings (SSSR count). The Balaban J connectivity index is 0. The molecule has 0 aliphatic carbocycles. The van der Waals surface area contributed by atoms with Crippen LogP contribution in [0.3, 0.4) is 0 Å². The molecular weight excluding hydrogens is 61.0 g/mol. The van der Waals surface area contributed by atoms with E-state index in [1.807, 2.05) is 0 Å². The van der Waals surface area contributed by atoms with E-state index in [1.54, 1.807) is 0 Å². The van der Waals surface area contributed by atoms with Gasteiger partial charge < -0.3 is 10.8 Å². The third-order valence-electron chi connectivity index (χ3n) is 0. The summed E-state index contributed by atoms with van der Waals surface area (Å²) in [6, 6.07) is 0. The van der Waals surface area contributed by atoms with Crippen molar-refractivity contribution in [3.8, 4) is 0 Å². The standard InChI is InChI=1S/C2H5NO.Li/c1-2(3)4;/h4H,1,3H2;/q;+1/p-1. The molecule has 0 saturated heterocycles. The molecule has 0 atom stereocenters. The first kappa shape index (κ1) is 8.87. The van der Waals surface area contributed by atoms with Crippen molar-refractivity contribution in [3.63, 3.8) is 0 Å². The van der Waals surface area contributed by atoms with E-state index >= 15 is 0 Å². The fraction of sp³-hybridized carbons (Fsp3) is 0. The Kier molecular flexibility index (Phi) is 6.99. The summed E-state index contributed by atoms with van der Waals surface area (Å²) in [7, 11) is 0.